The summed E-state index contributed by atoms with van der Waals surface area (Å²) in [6.45, 7) is 2.10. The van der Waals surface area contributed by atoms with E-state index >= 15 is 0 Å². The fourth-order valence-corrected chi connectivity index (χ4v) is 5.04. The number of rotatable bonds is 7. The van der Waals surface area contributed by atoms with Gasteiger partial charge in [-0.15, -0.1) is 0 Å². The number of hydrogen-bond acceptors (Lipinski definition) is 6. The molecule has 37 heavy (non-hydrogen) atoms. The zero-order chi connectivity index (χ0) is 26.2. The third kappa shape index (κ3) is 5.46. The fraction of sp³-hybridized carbons (Fsp3) is 0.214. The average Bonchev–Trinajstić information content (AvgIpc) is 3.38. The summed E-state index contributed by atoms with van der Waals surface area (Å²) in [5, 5.41) is 0.628. The van der Waals surface area contributed by atoms with Crippen LogP contribution in [-0.2, 0) is 10.1 Å². The van der Waals surface area contributed by atoms with Crippen molar-refractivity contribution in [1.29, 1.82) is 0 Å². The molecule has 0 fully saturated rings. The maximum absolute atomic E-state index is 11.6. The molecule has 2 aliphatic rings. The lowest BCUT2D eigenvalue weighted by molar-refractivity contribution is 0.273. The van der Waals surface area contributed by atoms with Crippen molar-refractivity contribution in [1.82, 2.24) is 0 Å². The molecule has 0 aliphatic carbocycles. The van der Waals surface area contributed by atoms with Crippen LogP contribution < -0.4 is 19.3 Å². The highest BCUT2D eigenvalue weighted by Gasteiger charge is 2.31. The Morgan fingerprint density at radius 2 is 1.78 bits per heavy atom. The predicted octanol–water partition coefficient (Wildman–Crippen LogP) is 6.13. The highest BCUT2D eigenvalue weighted by atomic mass is 35.5. The summed E-state index contributed by atoms with van der Waals surface area (Å²) in [4.78, 5) is 3.79. The molecule has 7 nitrogen and oxygen atoms in total. The molecule has 0 saturated carbocycles. The summed E-state index contributed by atoms with van der Waals surface area (Å²) in [6, 6.07) is 21.3. The lowest BCUT2D eigenvalue weighted by Gasteiger charge is -2.23. The Balaban J connectivity index is 1.47. The van der Waals surface area contributed by atoms with Gasteiger partial charge in [0, 0.05) is 24.7 Å². The Labute approximate surface area is 221 Å². The van der Waals surface area contributed by atoms with E-state index in [1.165, 1.54) is 0 Å². The molecule has 192 valence electrons. The molecule has 0 saturated heterocycles. The molecule has 1 unspecified atom stereocenters. The standard InChI is InChI=1S/C28H27ClN2O5S/c1-3-19(15-27-30(2)23-18-22(29)10-12-25(23)35-27)16-28-31(13-14-37(32,33)34)24-17-21(9-11-26(24)36-28)20-7-5-4-6-8-20/h4-12,15-18,28H,3,13-14H2,1-2H3,(H,32,33,34)/b19-16-,27-15+. The predicted molar refractivity (Wildman–Crippen MR) is 147 cm³/mol. The van der Waals surface area contributed by atoms with Crippen LogP contribution in [0.25, 0.3) is 11.1 Å². The molecule has 1 N–H and O–H groups in total. The monoisotopic (exact) mass is 538 g/mol. The first-order valence-electron chi connectivity index (χ1n) is 11.9. The maximum Gasteiger partial charge on any atom is 0.266 e. The zero-order valence-electron chi connectivity index (χ0n) is 20.5. The van der Waals surface area contributed by atoms with Crippen molar-refractivity contribution in [2.75, 3.05) is 29.1 Å². The van der Waals surface area contributed by atoms with E-state index in [0.717, 1.165) is 33.8 Å². The summed E-state index contributed by atoms with van der Waals surface area (Å²) < 4.78 is 44.9. The van der Waals surface area contributed by atoms with Crippen molar-refractivity contribution in [3.8, 4) is 22.6 Å². The van der Waals surface area contributed by atoms with E-state index in [0.29, 0.717) is 23.1 Å². The van der Waals surface area contributed by atoms with Crippen LogP contribution in [0.15, 0.2) is 90.3 Å². The van der Waals surface area contributed by atoms with E-state index in [2.05, 4.69) is 0 Å². The SMILES string of the molecule is CCC(=C/C1Oc2ccc(-c3ccccc3)cc2N1CCS(=O)(=O)O)/C=C1/Oc2ccc(Cl)cc2N1C. The molecule has 0 aromatic heterocycles. The van der Waals surface area contributed by atoms with E-state index in [1.54, 1.807) is 6.07 Å². The number of benzene rings is 3. The summed E-state index contributed by atoms with van der Waals surface area (Å²) in [5.41, 5.74) is 4.62. The third-order valence-corrected chi connectivity index (χ3v) is 7.36. The normalized spacial score (nSPS) is 18.0. The first kappa shape index (κ1) is 25.2. The molecule has 1 atom stereocenters. The van der Waals surface area contributed by atoms with Gasteiger partial charge in [-0.3, -0.25) is 4.55 Å². The molecule has 5 rings (SSSR count). The van der Waals surface area contributed by atoms with Gasteiger partial charge in [0.25, 0.3) is 10.1 Å². The van der Waals surface area contributed by atoms with Crippen molar-refractivity contribution >= 4 is 33.1 Å². The maximum atomic E-state index is 11.6. The van der Waals surface area contributed by atoms with Crippen LogP contribution in [-0.4, -0.2) is 38.5 Å². The Kier molecular flexibility index (Phi) is 6.90. The van der Waals surface area contributed by atoms with Gasteiger partial charge in [-0.1, -0.05) is 54.9 Å². The number of allylic oxidation sites excluding steroid dienone is 2. The van der Waals surface area contributed by atoms with E-state index in [4.69, 9.17) is 21.1 Å². The lowest BCUT2D eigenvalue weighted by Crippen LogP contribution is -2.37. The van der Waals surface area contributed by atoms with Crippen LogP contribution in [0.4, 0.5) is 11.4 Å². The van der Waals surface area contributed by atoms with Gasteiger partial charge in [0.2, 0.25) is 5.88 Å². The number of halogens is 1. The second-order valence-electron chi connectivity index (χ2n) is 8.89. The van der Waals surface area contributed by atoms with E-state index < -0.39 is 22.1 Å². The van der Waals surface area contributed by atoms with Crippen molar-refractivity contribution in [3.63, 3.8) is 0 Å². The minimum atomic E-state index is -4.16. The number of fused-ring (bicyclic) bond motifs is 2. The third-order valence-electron chi connectivity index (χ3n) is 6.42. The molecular weight excluding hydrogens is 512 g/mol. The highest BCUT2D eigenvalue weighted by Crippen LogP contribution is 2.42. The van der Waals surface area contributed by atoms with Gasteiger partial charge < -0.3 is 19.3 Å². The van der Waals surface area contributed by atoms with Gasteiger partial charge in [-0.05, 0) is 59.5 Å². The topological polar surface area (TPSA) is 79.3 Å². The molecule has 9 heteroatoms. The van der Waals surface area contributed by atoms with Crippen molar-refractivity contribution in [3.05, 3.63) is 95.4 Å². The van der Waals surface area contributed by atoms with Crippen LogP contribution in [0.3, 0.4) is 0 Å². The van der Waals surface area contributed by atoms with Crippen LogP contribution >= 0.6 is 11.6 Å². The van der Waals surface area contributed by atoms with Crippen LogP contribution in [0, 0.1) is 0 Å². The van der Waals surface area contributed by atoms with Crippen LogP contribution in [0.5, 0.6) is 11.5 Å². The van der Waals surface area contributed by atoms with Gasteiger partial charge in [0.1, 0.15) is 5.75 Å². The number of hydrogen-bond donors (Lipinski definition) is 1. The summed E-state index contributed by atoms with van der Waals surface area (Å²) >= 11 is 6.16. The van der Waals surface area contributed by atoms with Crippen molar-refractivity contribution in [2.24, 2.45) is 0 Å². The van der Waals surface area contributed by atoms with E-state index in [1.807, 2.05) is 96.6 Å². The Hall–Kier alpha value is -3.46. The lowest BCUT2D eigenvalue weighted by atomic mass is 10.0. The number of ether oxygens (including phenoxy) is 2. The Bertz CT molecular complexity index is 1490. The molecule has 0 radical (unpaired) electrons. The second-order valence-corrected chi connectivity index (χ2v) is 10.9. The average molecular weight is 539 g/mol. The zero-order valence-corrected chi connectivity index (χ0v) is 22.0. The van der Waals surface area contributed by atoms with Gasteiger partial charge >= 0.3 is 0 Å². The van der Waals surface area contributed by atoms with Gasteiger partial charge in [-0.25, -0.2) is 0 Å². The van der Waals surface area contributed by atoms with Crippen molar-refractivity contribution in [2.45, 2.75) is 19.6 Å². The van der Waals surface area contributed by atoms with Gasteiger partial charge in [0.05, 0.1) is 17.1 Å². The Morgan fingerprint density at radius 1 is 1.03 bits per heavy atom. The van der Waals surface area contributed by atoms with E-state index in [9.17, 15) is 13.0 Å². The molecule has 2 aliphatic heterocycles. The Morgan fingerprint density at radius 3 is 2.51 bits per heavy atom. The van der Waals surface area contributed by atoms with Crippen LogP contribution in [0.1, 0.15) is 13.3 Å². The largest absolute Gasteiger partial charge is 0.465 e. The van der Waals surface area contributed by atoms with Gasteiger partial charge in [0.15, 0.2) is 12.0 Å². The summed E-state index contributed by atoms with van der Waals surface area (Å²) in [6.07, 6.45) is 4.02. The van der Waals surface area contributed by atoms with Crippen molar-refractivity contribution < 1.29 is 22.4 Å². The first-order valence-corrected chi connectivity index (χ1v) is 13.9. The molecule has 3 aromatic rings. The summed E-state index contributed by atoms with van der Waals surface area (Å²) in [5.74, 6) is 1.61. The molecular formula is C28H27ClN2O5S. The number of nitrogens with zero attached hydrogens (tertiary/aromatic N) is 2. The smallest absolute Gasteiger partial charge is 0.266 e. The quantitative estimate of drug-likeness (QED) is 0.363. The summed E-state index contributed by atoms with van der Waals surface area (Å²) in [7, 11) is -2.25. The first-order chi connectivity index (χ1) is 17.7. The molecule has 0 amide bonds. The van der Waals surface area contributed by atoms with Crippen LogP contribution in [0.2, 0.25) is 5.02 Å². The molecule has 2 heterocycles. The second kappa shape index (κ2) is 10.1. The highest BCUT2D eigenvalue weighted by molar-refractivity contribution is 7.85. The molecule has 0 bridgehead atoms. The molecule has 3 aromatic carbocycles. The molecule has 0 spiro atoms. The van der Waals surface area contributed by atoms with Gasteiger partial charge in [-0.2, -0.15) is 8.42 Å². The number of anilines is 2. The minimum Gasteiger partial charge on any atom is -0.465 e. The van der Waals surface area contributed by atoms with E-state index in [-0.39, 0.29) is 6.54 Å². The minimum absolute atomic E-state index is 0.0686. The fourth-order valence-electron chi connectivity index (χ4n) is 4.44.